The van der Waals surface area contributed by atoms with Gasteiger partial charge in [0, 0.05) is 25.5 Å². The van der Waals surface area contributed by atoms with Gasteiger partial charge in [-0.25, -0.2) is 14.4 Å². The van der Waals surface area contributed by atoms with E-state index in [9.17, 15) is 9.18 Å². The molecule has 0 aliphatic carbocycles. The molecule has 0 radical (unpaired) electrons. The largest absolute Gasteiger partial charge is 0.337 e. The molecule has 2 heterocycles. The molecule has 0 aliphatic rings. The molecule has 0 saturated carbocycles. The Morgan fingerprint density at radius 1 is 1.18 bits per heavy atom. The van der Waals surface area contributed by atoms with E-state index in [-0.39, 0.29) is 11.7 Å². The van der Waals surface area contributed by atoms with Crippen LogP contribution < -0.4 is 4.90 Å². The molecule has 0 bridgehead atoms. The normalized spacial score (nSPS) is 11.0. The fourth-order valence-corrected chi connectivity index (χ4v) is 4.06. The maximum atomic E-state index is 13.5. The van der Waals surface area contributed by atoms with Gasteiger partial charge in [0.05, 0.1) is 23.0 Å². The summed E-state index contributed by atoms with van der Waals surface area (Å²) in [4.78, 5) is 23.4. The molecule has 7 heteroatoms. The van der Waals surface area contributed by atoms with Crippen molar-refractivity contribution in [1.29, 1.82) is 0 Å². The highest BCUT2D eigenvalue weighted by atomic mass is 32.1. The fourth-order valence-electron chi connectivity index (χ4n) is 3.03. The average molecular weight is 394 g/mol. The molecule has 0 spiro atoms. The van der Waals surface area contributed by atoms with Crippen molar-refractivity contribution in [2.45, 2.75) is 19.4 Å². The minimum absolute atomic E-state index is 0.0173. The first-order chi connectivity index (χ1) is 13.7. The number of benzene rings is 2. The topological polar surface area (TPSA) is 51.0 Å². The van der Waals surface area contributed by atoms with Gasteiger partial charge >= 0.3 is 0 Å². The summed E-state index contributed by atoms with van der Waals surface area (Å²) in [6, 6.07) is 14.2. The van der Waals surface area contributed by atoms with Crippen molar-refractivity contribution in [2.75, 3.05) is 11.4 Å². The van der Waals surface area contributed by atoms with Gasteiger partial charge in [-0.3, -0.25) is 9.69 Å². The van der Waals surface area contributed by atoms with Crippen molar-refractivity contribution in [1.82, 2.24) is 14.5 Å². The summed E-state index contributed by atoms with van der Waals surface area (Å²) in [5.41, 5.74) is 1.66. The second-order valence-electron chi connectivity index (χ2n) is 6.47. The molecule has 1 amide bonds. The predicted octanol–water partition coefficient (Wildman–Crippen LogP) is 4.30. The van der Waals surface area contributed by atoms with E-state index in [0.717, 1.165) is 23.2 Å². The Balaban J connectivity index is 1.56. The van der Waals surface area contributed by atoms with Gasteiger partial charge in [-0.2, -0.15) is 0 Å². The first-order valence-electron chi connectivity index (χ1n) is 9.05. The number of thiazole rings is 1. The van der Waals surface area contributed by atoms with Crippen LogP contribution in [-0.4, -0.2) is 27.0 Å². The summed E-state index contributed by atoms with van der Waals surface area (Å²) in [7, 11) is 0. The zero-order chi connectivity index (χ0) is 19.3. The van der Waals surface area contributed by atoms with Gasteiger partial charge in [0.15, 0.2) is 5.13 Å². The number of imidazole rings is 1. The van der Waals surface area contributed by atoms with Gasteiger partial charge in [0.25, 0.3) is 0 Å². The number of hydrogen-bond donors (Lipinski definition) is 0. The standard InChI is InChI=1S/C21H19FN4OS/c22-17-7-8-18-19(14-17)28-21(24-18)26(11-4-10-25-12-9-23-15-25)20(27)13-16-5-2-1-3-6-16/h1-3,5-9,12,14-15H,4,10-11,13H2. The maximum Gasteiger partial charge on any atom is 0.233 e. The molecule has 28 heavy (non-hydrogen) atoms. The van der Waals surface area contributed by atoms with Crippen molar-refractivity contribution in [3.8, 4) is 0 Å². The number of halogens is 1. The highest BCUT2D eigenvalue weighted by Gasteiger charge is 2.20. The molecule has 0 N–H and O–H groups in total. The zero-order valence-corrected chi connectivity index (χ0v) is 16.0. The van der Waals surface area contributed by atoms with Gasteiger partial charge < -0.3 is 4.57 Å². The van der Waals surface area contributed by atoms with Crippen LogP contribution in [-0.2, 0) is 17.8 Å². The van der Waals surface area contributed by atoms with Crippen molar-refractivity contribution < 1.29 is 9.18 Å². The zero-order valence-electron chi connectivity index (χ0n) is 15.2. The number of anilines is 1. The summed E-state index contributed by atoms with van der Waals surface area (Å²) in [5, 5.41) is 0.604. The average Bonchev–Trinajstić information content (AvgIpc) is 3.35. The number of carbonyl (C=O) groups is 1. The summed E-state index contributed by atoms with van der Waals surface area (Å²) in [6.07, 6.45) is 6.46. The molecule has 0 unspecified atom stereocenters. The van der Waals surface area contributed by atoms with Crippen LogP contribution in [0.5, 0.6) is 0 Å². The summed E-state index contributed by atoms with van der Waals surface area (Å²) in [6.45, 7) is 1.29. The minimum Gasteiger partial charge on any atom is -0.337 e. The lowest BCUT2D eigenvalue weighted by Crippen LogP contribution is -2.33. The molecule has 0 atom stereocenters. The molecule has 2 aromatic carbocycles. The number of carbonyl (C=O) groups excluding carboxylic acids is 1. The van der Waals surface area contributed by atoms with Crippen LogP contribution in [0.2, 0.25) is 0 Å². The van der Waals surface area contributed by atoms with E-state index in [2.05, 4.69) is 9.97 Å². The predicted molar refractivity (Wildman–Crippen MR) is 109 cm³/mol. The Kier molecular flexibility index (Phi) is 5.43. The summed E-state index contributed by atoms with van der Waals surface area (Å²) < 4.78 is 16.3. The number of amides is 1. The van der Waals surface area contributed by atoms with Gasteiger partial charge in [-0.15, -0.1) is 0 Å². The van der Waals surface area contributed by atoms with E-state index < -0.39 is 0 Å². The lowest BCUT2D eigenvalue weighted by atomic mass is 10.1. The minimum atomic E-state index is -0.301. The Labute approximate surface area is 166 Å². The second kappa shape index (κ2) is 8.31. The van der Waals surface area contributed by atoms with E-state index in [1.807, 2.05) is 41.1 Å². The van der Waals surface area contributed by atoms with Crippen molar-refractivity contribution in [3.05, 3.63) is 78.6 Å². The summed E-state index contributed by atoms with van der Waals surface area (Å²) >= 11 is 1.34. The number of fused-ring (bicyclic) bond motifs is 1. The Morgan fingerprint density at radius 3 is 2.82 bits per heavy atom. The number of hydrogen-bond acceptors (Lipinski definition) is 4. The molecule has 5 nitrogen and oxygen atoms in total. The summed E-state index contributed by atoms with van der Waals surface area (Å²) in [5.74, 6) is -0.318. The van der Waals surface area contributed by atoms with Gasteiger partial charge in [0.2, 0.25) is 5.91 Å². The SMILES string of the molecule is O=C(Cc1ccccc1)N(CCCn1ccnc1)c1nc2ccc(F)cc2s1. The first kappa shape index (κ1) is 18.3. The van der Waals surface area contributed by atoms with E-state index in [4.69, 9.17) is 0 Å². The molecular formula is C21H19FN4OS. The Bertz CT molecular complexity index is 1060. The quantitative estimate of drug-likeness (QED) is 0.470. The maximum absolute atomic E-state index is 13.5. The van der Waals surface area contributed by atoms with Crippen molar-refractivity contribution in [2.24, 2.45) is 0 Å². The van der Waals surface area contributed by atoms with Crippen LogP contribution in [0.25, 0.3) is 10.2 Å². The fraction of sp³-hybridized carbons (Fsp3) is 0.190. The molecule has 0 fully saturated rings. The molecule has 2 aromatic heterocycles. The number of nitrogens with zero attached hydrogens (tertiary/aromatic N) is 4. The molecule has 142 valence electrons. The molecular weight excluding hydrogens is 375 g/mol. The lowest BCUT2D eigenvalue weighted by molar-refractivity contribution is -0.118. The van der Waals surface area contributed by atoms with E-state index >= 15 is 0 Å². The molecule has 4 aromatic rings. The second-order valence-corrected chi connectivity index (χ2v) is 7.48. The highest BCUT2D eigenvalue weighted by molar-refractivity contribution is 7.22. The van der Waals surface area contributed by atoms with Crippen LogP contribution in [0.1, 0.15) is 12.0 Å². The third-order valence-electron chi connectivity index (χ3n) is 4.43. The number of rotatable bonds is 7. The lowest BCUT2D eigenvalue weighted by Gasteiger charge is -2.20. The Hall–Kier alpha value is -3.06. The van der Waals surface area contributed by atoms with Gasteiger partial charge in [0.1, 0.15) is 5.82 Å². The third kappa shape index (κ3) is 4.26. The highest BCUT2D eigenvalue weighted by Crippen LogP contribution is 2.30. The monoisotopic (exact) mass is 394 g/mol. The van der Waals surface area contributed by atoms with Crippen molar-refractivity contribution in [3.63, 3.8) is 0 Å². The van der Waals surface area contributed by atoms with Crippen LogP contribution in [0.4, 0.5) is 9.52 Å². The molecule has 0 saturated heterocycles. The van der Waals surface area contributed by atoms with Gasteiger partial charge in [-0.1, -0.05) is 41.7 Å². The molecule has 4 rings (SSSR count). The smallest absolute Gasteiger partial charge is 0.233 e. The third-order valence-corrected chi connectivity index (χ3v) is 5.47. The van der Waals surface area contributed by atoms with Crippen LogP contribution in [0.3, 0.4) is 0 Å². The van der Waals surface area contributed by atoms with Crippen molar-refractivity contribution >= 4 is 32.6 Å². The number of aryl methyl sites for hydroxylation is 1. The van der Waals surface area contributed by atoms with Crippen LogP contribution in [0, 0.1) is 5.82 Å². The van der Waals surface area contributed by atoms with E-state index in [1.165, 1.54) is 23.5 Å². The van der Waals surface area contributed by atoms with E-state index in [1.54, 1.807) is 23.5 Å². The Morgan fingerprint density at radius 2 is 2.04 bits per heavy atom. The first-order valence-corrected chi connectivity index (χ1v) is 9.87. The molecule has 0 aliphatic heterocycles. The number of aromatic nitrogens is 3. The van der Waals surface area contributed by atoms with Crippen LogP contribution in [0.15, 0.2) is 67.3 Å². The van der Waals surface area contributed by atoms with E-state index in [0.29, 0.717) is 23.6 Å². The van der Waals surface area contributed by atoms with Crippen LogP contribution >= 0.6 is 11.3 Å². The van der Waals surface area contributed by atoms with Gasteiger partial charge in [-0.05, 0) is 30.2 Å².